The second kappa shape index (κ2) is 9.27. The number of halogens is 2. The monoisotopic (exact) mass is 452 g/mol. The van der Waals surface area contributed by atoms with Crippen LogP contribution in [0.3, 0.4) is 0 Å². The molecular formula is C23H22F2N6S. The Morgan fingerprint density at radius 2 is 1.75 bits per heavy atom. The van der Waals surface area contributed by atoms with E-state index in [9.17, 15) is 8.78 Å². The standard InChI is InChI=1S/C23H22F2N6S/c1-15-22(16(2)31(29-15)13-17-6-8-19(24)9-7-17)28-23(32)27-21-11-26-30(14-21)12-18-4-3-5-20(25)10-18/h3-11,14H,12-13H2,1-2H3,(H2,27,28,32). The Balaban J connectivity index is 1.39. The quantitative estimate of drug-likeness (QED) is 0.409. The molecule has 0 aliphatic carbocycles. The largest absolute Gasteiger partial charge is 0.330 e. The Bertz CT molecular complexity index is 1250. The Hall–Kier alpha value is -3.59. The molecule has 0 spiro atoms. The maximum atomic E-state index is 13.4. The zero-order valence-electron chi connectivity index (χ0n) is 17.6. The van der Waals surface area contributed by atoms with Crippen LogP contribution >= 0.6 is 12.2 Å². The second-order valence-electron chi connectivity index (χ2n) is 7.47. The molecule has 4 rings (SSSR count). The topological polar surface area (TPSA) is 59.7 Å². The second-order valence-corrected chi connectivity index (χ2v) is 7.87. The normalized spacial score (nSPS) is 10.9. The molecule has 0 atom stereocenters. The minimum absolute atomic E-state index is 0.264. The smallest absolute Gasteiger partial charge is 0.175 e. The van der Waals surface area contributed by atoms with Gasteiger partial charge in [0.1, 0.15) is 11.6 Å². The number of hydrogen-bond donors (Lipinski definition) is 2. The van der Waals surface area contributed by atoms with Crippen LogP contribution in [-0.4, -0.2) is 24.7 Å². The van der Waals surface area contributed by atoms with Crippen molar-refractivity contribution in [3.8, 4) is 0 Å². The van der Waals surface area contributed by atoms with Gasteiger partial charge in [-0.05, 0) is 61.5 Å². The lowest BCUT2D eigenvalue weighted by Gasteiger charge is -2.10. The lowest BCUT2D eigenvalue weighted by molar-refractivity contribution is 0.619. The summed E-state index contributed by atoms with van der Waals surface area (Å²) in [4.78, 5) is 0. The predicted molar refractivity (Wildman–Crippen MR) is 125 cm³/mol. The fourth-order valence-electron chi connectivity index (χ4n) is 3.41. The lowest BCUT2D eigenvalue weighted by Crippen LogP contribution is -2.19. The minimum atomic E-state index is -0.274. The van der Waals surface area contributed by atoms with Gasteiger partial charge < -0.3 is 10.6 Å². The highest BCUT2D eigenvalue weighted by atomic mass is 32.1. The molecule has 0 bridgehead atoms. The summed E-state index contributed by atoms with van der Waals surface area (Å²) in [6, 6.07) is 12.8. The van der Waals surface area contributed by atoms with Gasteiger partial charge in [-0.3, -0.25) is 9.36 Å². The van der Waals surface area contributed by atoms with Crippen molar-refractivity contribution < 1.29 is 8.78 Å². The van der Waals surface area contributed by atoms with E-state index in [1.165, 1.54) is 24.3 Å². The van der Waals surface area contributed by atoms with E-state index in [0.29, 0.717) is 23.9 Å². The van der Waals surface area contributed by atoms with Crippen LogP contribution in [0.25, 0.3) is 0 Å². The third-order valence-corrected chi connectivity index (χ3v) is 5.19. The van der Waals surface area contributed by atoms with Gasteiger partial charge in [0.05, 0.1) is 42.0 Å². The molecule has 32 heavy (non-hydrogen) atoms. The third kappa shape index (κ3) is 5.17. The van der Waals surface area contributed by atoms with Crippen molar-refractivity contribution >= 4 is 28.7 Å². The first kappa shape index (κ1) is 21.6. The summed E-state index contributed by atoms with van der Waals surface area (Å²) in [6.45, 7) is 4.83. The summed E-state index contributed by atoms with van der Waals surface area (Å²) in [5, 5.41) is 15.6. The van der Waals surface area contributed by atoms with Gasteiger partial charge in [0, 0.05) is 6.20 Å². The fraction of sp³-hybridized carbons (Fsp3) is 0.174. The molecule has 2 heterocycles. The van der Waals surface area contributed by atoms with Crippen molar-refractivity contribution in [3.05, 3.63) is 95.1 Å². The molecule has 6 nitrogen and oxygen atoms in total. The number of rotatable bonds is 6. The summed E-state index contributed by atoms with van der Waals surface area (Å²) in [7, 11) is 0. The molecular weight excluding hydrogens is 430 g/mol. The van der Waals surface area contributed by atoms with Crippen molar-refractivity contribution in [1.82, 2.24) is 19.6 Å². The SMILES string of the molecule is Cc1nn(Cc2ccc(F)cc2)c(C)c1NC(=S)Nc1cnn(Cc2cccc(F)c2)c1. The fourth-order valence-corrected chi connectivity index (χ4v) is 3.63. The van der Waals surface area contributed by atoms with E-state index in [4.69, 9.17) is 12.2 Å². The van der Waals surface area contributed by atoms with E-state index in [0.717, 1.165) is 28.2 Å². The molecule has 164 valence electrons. The summed E-state index contributed by atoms with van der Waals surface area (Å²) >= 11 is 5.46. The first-order chi connectivity index (χ1) is 15.4. The van der Waals surface area contributed by atoms with Crippen molar-refractivity contribution in [3.63, 3.8) is 0 Å². The summed E-state index contributed by atoms with van der Waals surface area (Å²) in [6.07, 6.45) is 3.46. The van der Waals surface area contributed by atoms with Gasteiger partial charge in [-0.2, -0.15) is 10.2 Å². The van der Waals surface area contributed by atoms with Crippen molar-refractivity contribution in [2.45, 2.75) is 26.9 Å². The number of aryl methyl sites for hydroxylation is 1. The van der Waals surface area contributed by atoms with E-state index >= 15 is 0 Å². The maximum absolute atomic E-state index is 13.4. The van der Waals surface area contributed by atoms with Crippen LogP contribution in [0.4, 0.5) is 20.2 Å². The van der Waals surface area contributed by atoms with Crippen molar-refractivity contribution in [1.29, 1.82) is 0 Å². The highest BCUT2D eigenvalue weighted by Crippen LogP contribution is 2.21. The van der Waals surface area contributed by atoms with Gasteiger partial charge in [0.25, 0.3) is 0 Å². The highest BCUT2D eigenvalue weighted by Gasteiger charge is 2.14. The number of anilines is 2. The number of nitrogens with zero attached hydrogens (tertiary/aromatic N) is 4. The van der Waals surface area contributed by atoms with Crippen molar-refractivity contribution in [2.75, 3.05) is 10.6 Å². The molecule has 9 heteroatoms. The van der Waals surface area contributed by atoms with Gasteiger partial charge in [-0.1, -0.05) is 24.3 Å². The zero-order chi connectivity index (χ0) is 22.7. The minimum Gasteiger partial charge on any atom is -0.330 e. The highest BCUT2D eigenvalue weighted by molar-refractivity contribution is 7.80. The van der Waals surface area contributed by atoms with Gasteiger partial charge in [-0.15, -0.1) is 0 Å². The van der Waals surface area contributed by atoms with Crippen LogP contribution in [0.15, 0.2) is 60.9 Å². The summed E-state index contributed by atoms with van der Waals surface area (Å²) in [5.41, 5.74) is 5.02. The Labute approximate surface area is 189 Å². The lowest BCUT2D eigenvalue weighted by atomic mass is 10.2. The van der Waals surface area contributed by atoms with Crippen LogP contribution < -0.4 is 10.6 Å². The molecule has 0 amide bonds. The first-order valence-corrected chi connectivity index (χ1v) is 10.4. The summed E-state index contributed by atoms with van der Waals surface area (Å²) < 4.78 is 30.1. The van der Waals surface area contributed by atoms with E-state index < -0.39 is 0 Å². The van der Waals surface area contributed by atoms with Crippen LogP contribution in [0.2, 0.25) is 0 Å². The van der Waals surface area contributed by atoms with Crippen molar-refractivity contribution in [2.24, 2.45) is 0 Å². The van der Waals surface area contributed by atoms with E-state index in [-0.39, 0.29) is 11.6 Å². The zero-order valence-corrected chi connectivity index (χ0v) is 18.5. The molecule has 0 saturated heterocycles. The van der Waals surface area contributed by atoms with Crippen LogP contribution in [0, 0.1) is 25.5 Å². The predicted octanol–water partition coefficient (Wildman–Crippen LogP) is 4.88. The van der Waals surface area contributed by atoms with Gasteiger partial charge in [0.15, 0.2) is 5.11 Å². The van der Waals surface area contributed by atoms with Gasteiger partial charge in [-0.25, -0.2) is 8.78 Å². The average molecular weight is 453 g/mol. The van der Waals surface area contributed by atoms with Crippen LogP contribution in [0.5, 0.6) is 0 Å². The molecule has 0 saturated carbocycles. The van der Waals surface area contributed by atoms with Crippen LogP contribution in [0.1, 0.15) is 22.5 Å². The van der Waals surface area contributed by atoms with Gasteiger partial charge in [0.2, 0.25) is 0 Å². The number of aromatic nitrogens is 4. The average Bonchev–Trinajstić information content (AvgIpc) is 3.28. The van der Waals surface area contributed by atoms with Crippen LogP contribution in [-0.2, 0) is 13.1 Å². The number of benzene rings is 2. The van der Waals surface area contributed by atoms with Gasteiger partial charge >= 0.3 is 0 Å². The third-order valence-electron chi connectivity index (χ3n) is 4.99. The summed E-state index contributed by atoms with van der Waals surface area (Å²) in [5.74, 6) is -0.538. The first-order valence-electron chi connectivity index (χ1n) is 10.0. The number of hydrogen-bond acceptors (Lipinski definition) is 3. The van der Waals surface area contributed by atoms with E-state index in [1.54, 1.807) is 35.3 Å². The maximum Gasteiger partial charge on any atom is 0.175 e. The molecule has 2 aromatic heterocycles. The molecule has 0 radical (unpaired) electrons. The van der Waals surface area contributed by atoms with E-state index in [1.807, 2.05) is 24.6 Å². The molecule has 0 unspecified atom stereocenters. The molecule has 0 aliphatic rings. The molecule has 0 aliphatic heterocycles. The number of nitrogens with one attached hydrogen (secondary N) is 2. The van der Waals surface area contributed by atoms with E-state index in [2.05, 4.69) is 20.8 Å². The molecule has 0 fully saturated rings. The molecule has 2 N–H and O–H groups in total. The Morgan fingerprint density at radius 1 is 0.969 bits per heavy atom. The molecule has 2 aromatic carbocycles. The molecule has 4 aromatic rings. The Kier molecular flexibility index (Phi) is 6.27. The number of thiocarbonyl (C=S) groups is 1. The Morgan fingerprint density at radius 3 is 2.50 bits per heavy atom.